The molecule has 0 saturated heterocycles. The second-order valence-corrected chi connectivity index (χ2v) is 5.32. The summed E-state index contributed by atoms with van der Waals surface area (Å²) in [5, 5.41) is 0. The Bertz CT molecular complexity index is 491. The van der Waals surface area contributed by atoms with E-state index < -0.39 is 27.8 Å². The second kappa shape index (κ2) is 5.37. The number of nitrogens with zero attached hydrogens (tertiary/aromatic N) is 1. The largest absolute Gasteiger partial charge is 0.299 e. The number of nitrogens with one attached hydrogen (secondary N) is 2. The van der Waals surface area contributed by atoms with Crippen molar-refractivity contribution in [3.63, 3.8) is 0 Å². The maximum atomic E-state index is 13.1. The first kappa shape index (κ1) is 13.8. The fourth-order valence-corrected chi connectivity index (χ4v) is 2.01. The third-order valence-corrected chi connectivity index (χ3v) is 2.78. The molecule has 17 heavy (non-hydrogen) atoms. The van der Waals surface area contributed by atoms with Crippen molar-refractivity contribution < 1.29 is 17.2 Å². The number of pyridine rings is 1. The highest BCUT2D eigenvalue weighted by molar-refractivity contribution is 7.90. The summed E-state index contributed by atoms with van der Waals surface area (Å²) in [6.45, 7) is 3.86. The van der Waals surface area contributed by atoms with Crippen LogP contribution in [-0.4, -0.2) is 19.9 Å². The van der Waals surface area contributed by atoms with Gasteiger partial charge in [0.15, 0.2) is 0 Å². The monoisotopic (exact) mass is 265 g/mol. The van der Waals surface area contributed by atoms with Gasteiger partial charge in [0.25, 0.3) is 10.2 Å². The van der Waals surface area contributed by atoms with Crippen molar-refractivity contribution in [3.8, 4) is 0 Å². The third kappa shape index (κ3) is 4.61. The quantitative estimate of drug-likeness (QED) is 0.787. The predicted molar refractivity (Wildman–Crippen MR) is 59.5 cm³/mol. The van der Waals surface area contributed by atoms with Crippen LogP contribution in [0.2, 0.25) is 0 Å². The zero-order chi connectivity index (χ0) is 13.1. The van der Waals surface area contributed by atoms with Crippen LogP contribution in [0.15, 0.2) is 12.1 Å². The van der Waals surface area contributed by atoms with Crippen molar-refractivity contribution >= 4 is 15.9 Å². The van der Waals surface area contributed by atoms with Gasteiger partial charge >= 0.3 is 0 Å². The zero-order valence-electron chi connectivity index (χ0n) is 9.37. The van der Waals surface area contributed by atoms with E-state index in [1.54, 1.807) is 0 Å². The molecule has 96 valence electrons. The van der Waals surface area contributed by atoms with Gasteiger partial charge in [0, 0.05) is 6.54 Å². The van der Waals surface area contributed by atoms with Gasteiger partial charge in [0.2, 0.25) is 11.9 Å². The molecule has 0 spiro atoms. The SMILES string of the molecule is CC(C)CNS(=O)(=O)Nc1ccc(F)nc1F. The van der Waals surface area contributed by atoms with Gasteiger partial charge in [-0.3, -0.25) is 4.72 Å². The van der Waals surface area contributed by atoms with Crippen LogP contribution in [0.4, 0.5) is 14.5 Å². The fourth-order valence-electron chi connectivity index (χ4n) is 0.945. The van der Waals surface area contributed by atoms with Crippen molar-refractivity contribution in [1.29, 1.82) is 0 Å². The maximum absolute atomic E-state index is 13.1. The van der Waals surface area contributed by atoms with Gasteiger partial charge in [-0.1, -0.05) is 13.8 Å². The van der Waals surface area contributed by atoms with E-state index in [2.05, 4.69) is 9.71 Å². The minimum absolute atomic E-state index is 0.114. The van der Waals surface area contributed by atoms with E-state index in [1.807, 2.05) is 18.6 Å². The van der Waals surface area contributed by atoms with E-state index in [9.17, 15) is 17.2 Å². The maximum Gasteiger partial charge on any atom is 0.299 e. The number of hydrogen-bond acceptors (Lipinski definition) is 3. The van der Waals surface area contributed by atoms with Crippen molar-refractivity contribution in [2.75, 3.05) is 11.3 Å². The normalized spacial score (nSPS) is 11.8. The van der Waals surface area contributed by atoms with Crippen LogP contribution in [0.1, 0.15) is 13.8 Å². The van der Waals surface area contributed by atoms with Crippen LogP contribution in [0.3, 0.4) is 0 Å². The Morgan fingerprint density at radius 2 is 2.00 bits per heavy atom. The summed E-state index contributed by atoms with van der Waals surface area (Å²) in [5.74, 6) is -2.11. The van der Waals surface area contributed by atoms with Crippen LogP contribution in [-0.2, 0) is 10.2 Å². The van der Waals surface area contributed by atoms with Crippen molar-refractivity contribution in [2.24, 2.45) is 5.92 Å². The topological polar surface area (TPSA) is 71.1 Å². The van der Waals surface area contributed by atoms with Crippen molar-refractivity contribution in [3.05, 3.63) is 24.0 Å². The Hall–Kier alpha value is -1.28. The van der Waals surface area contributed by atoms with E-state index in [4.69, 9.17) is 0 Å². The smallest absolute Gasteiger partial charge is 0.266 e. The minimum atomic E-state index is -3.87. The number of hydrogen-bond donors (Lipinski definition) is 2. The molecule has 1 heterocycles. The number of anilines is 1. The van der Waals surface area contributed by atoms with Gasteiger partial charge < -0.3 is 0 Å². The fraction of sp³-hybridized carbons (Fsp3) is 0.444. The lowest BCUT2D eigenvalue weighted by atomic mass is 10.2. The molecule has 0 radical (unpaired) electrons. The Kier molecular flexibility index (Phi) is 4.35. The number of rotatable bonds is 5. The molecule has 1 rings (SSSR count). The third-order valence-electron chi connectivity index (χ3n) is 1.74. The van der Waals surface area contributed by atoms with Crippen LogP contribution in [0.25, 0.3) is 0 Å². The van der Waals surface area contributed by atoms with Gasteiger partial charge in [-0.2, -0.15) is 26.9 Å². The summed E-state index contributed by atoms with van der Waals surface area (Å²) < 4.78 is 52.6. The van der Waals surface area contributed by atoms with E-state index >= 15 is 0 Å². The lowest BCUT2D eigenvalue weighted by Crippen LogP contribution is -2.33. The highest BCUT2D eigenvalue weighted by atomic mass is 32.2. The lowest BCUT2D eigenvalue weighted by Gasteiger charge is -2.10. The van der Waals surface area contributed by atoms with E-state index in [0.717, 1.165) is 12.1 Å². The highest BCUT2D eigenvalue weighted by Crippen LogP contribution is 2.12. The molecule has 0 aliphatic rings. The van der Waals surface area contributed by atoms with Crippen LogP contribution < -0.4 is 9.44 Å². The molecule has 1 aromatic rings. The molecule has 0 atom stereocenters. The van der Waals surface area contributed by atoms with Crippen LogP contribution in [0.5, 0.6) is 0 Å². The van der Waals surface area contributed by atoms with E-state index in [1.165, 1.54) is 0 Å². The Morgan fingerprint density at radius 1 is 1.35 bits per heavy atom. The standard InChI is InChI=1S/C9H13F2N3O2S/c1-6(2)5-12-17(15,16)14-7-3-4-8(10)13-9(7)11/h3-4,6,12,14H,5H2,1-2H3. The number of halogens is 2. The average molecular weight is 265 g/mol. The summed E-state index contributed by atoms with van der Waals surface area (Å²) in [7, 11) is -3.87. The summed E-state index contributed by atoms with van der Waals surface area (Å²) >= 11 is 0. The van der Waals surface area contributed by atoms with Gasteiger partial charge in [0.1, 0.15) is 5.69 Å². The first-order valence-electron chi connectivity index (χ1n) is 4.89. The molecule has 0 saturated carbocycles. The summed E-state index contributed by atoms with van der Waals surface area (Å²) in [5.41, 5.74) is -0.400. The minimum Gasteiger partial charge on any atom is -0.266 e. The van der Waals surface area contributed by atoms with Gasteiger partial charge in [0.05, 0.1) is 0 Å². The molecule has 0 aliphatic carbocycles. The molecule has 8 heteroatoms. The Morgan fingerprint density at radius 3 is 2.53 bits per heavy atom. The molecule has 5 nitrogen and oxygen atoms in total. The van der Waals surface area contributed by atoms with E-state index in [0.29, 0.717) is 0 Å². The Balaban J connectivity index is 2.76. The number of aromatic nitrogens is 1. The predicted octanol–water partition coefficient (Wildman–Crippen LogP) is 1.26. The van der Waals surface area contributed by atoms with E-state index in [-0.39, 0.29) is 12.5 Å². The molecule has 0 bridgehead atoms. The first-order chi connectivity index (χ1) is 7.80. The van der Waals surface area contributed by atoms with Gasteiger partial charge in [-0.05, 0) is 18.1 Å². The van der Waals surface area contributed by atoms with Crippen LogP contribution in [0, 0.1) is 17.8 Å². The molecule has 0 aliphatic heterocycles. The van der Waals surface area contributed by atoms with Crippen LogP contribution >= 0.6 is 0 Å². The molecular weight excluding hydrogens is 252 g/mol. The van der Waals surface area contributed by atoms with Crippen molar-refractivity contribution in [2.45, 2.75) is 13.8 Å². The van der Waals surface area contributed by atoms with Gasteiger partial charge in [-0.15, -0.1) is 0 Å². The molecular formula is C9H13F2N3O2S. The van der Waals surface area contributed by atoms with Gasteiger partial charge in [-0.25, -0.2) is 0 Å². The van der Waals surface area contributed by atoms with Crippen molar-refractivity contribution in [1.82, 2.24) is 9.71 Å². The Labute approximate surface area is 98.4 Å². The highest BCUT2D eigenvalue weighted by Gasteiger charge is 2.14. The molecule has 0 aromatic carbocycles. The molecule has 0 amide bonds. The summed E-state index contributed by atoms with van der Waals surface area (Å²) in [4.78, 5) is 2.86. The molecule has 0 unspecified atom stereocenters. The zero-order valence-corrected chi connectivity index (χ0v) is 10.2. The second-order valence-electron chi connectivity index (χ2n) is 3.82. The molecule has 2 N–H and O–H groups in total. The summed E-state index contributed by atoms with van der Waals surface area (Å²) in [6, 6.07) is 1.83. The molecule has 0 fully saturated rings. The average Bonchev–Trinajstić information content (AvgIpc) is 2.20. The molecule has 1 aromatic heterocycles. The lowest BCUT2D eigenvalue weighted by molar-refractivity contribution is 0.515. The summed E-state index contributed by atoms with van der Waals surface area (Å²) in [6.07, 6.45) is 0. The first-order valence-corrected chi connectivity index (χ1v) is 6.38.